The Labute approximate surface area is 128 Å². The molecule has 2 unspecified atom stereocenters. The van der Waals surface area contributed by atoms with Crippen molar-refractivity contribution in [2.45, 2.75) is 71.4 Å². The standard InChI is InChI=1S/C16H30N2O3/c1-16(2,3)15(21)17-11-7-10-14(20)18(4)12-8-5-6-9-13(12)19/h12-13,19H,5-11H2,1-4H3,(H,17,21). The second-order valence-electron chi connectivity index (χ2n) is 7.03. The molecule has 1 aliphatic carbocycles. The zero-order valence-corrected chi connectivity index (χ0v) is 13.8. The van der Waals surface area contributed by atoms with E-state index in [4.69, 9.17) is 0 Å². The molecule has 0 spiro atoms. The molecule has 5 nitrogen and oxygen atoms in total. The Balaban J connectivity index is 2.28. The summed E-state index contributed by atoms with van der Waals surface area (Å²) in [6, 6.07) is -0.0459. The van der Waals surface area contributed by atoms with E-state index in [0.717, 1.165) is 25.7 Å². The molecule has 0 heterocycles. The molecular formula is C16H30N2O3. The molecule has 0 radical (unpaired) electrons. The van der Waals surface area contributed by atoms with Crippen LogP contribution in [0.2, 0.25) is 0 Å². The third-order valence-corrected chi connectivity index (χ3v) is 4.12. The molecule has 0 aromatic carbocycles. The number of hydrogen-bond acceptors (Lipinski definition) is 3. The van der Waals surface area contributed by atoms with Crippen LogP contribution in [0.3, 0.4) is 0 Å². The van der Waals surface area contributed by atoms with E-state index in [2.05, 4.69) is 5.32 Å². The fraction of sp³-hybridized carbons (Fsp3) is 0.875. The summed E-state index contributed by atoms with van der Waals surface area (Å²) in [5.41, 5.74) is -0.396. The lowest BCUT2D eigenvalue weighted by molar-refractivity contribution is -0.135. The van der Waals surface area contributed by atoms with Crippen LogP contribution in [0.5, 0.6) is 0 Å². The number of nitrogens with zero attached hydrogens (tertiary/aromatic N) is 1. The lowest BCUT2D eigenvalue weighted by atomic mass is 9.91. The monoisotopic (exact) mass is 298 g/mol. The number of aliphatic hydroxyl groups is 1. The second-order valence-corrected chi connectivity index (χ2v) is 7.03. The van der Waals surface area contributed by atoms with Crippen LogP contribution < -0.4 is 5.32 Å². The van der Waals surface area contributed by atoms with Crippen molar-refractivity contribution in [1.82, 2.24) is 10.2 Å². The maximum atomic E-state index is 12.1. The molecule has 1 saturated carbocycles. The molecule has 5 heteroatoms. The summed E-state index contributed by atoms with van der Waals surface area (Å²) in [4.78, 5) is 25.5. The Kier molecular flexibility index (Phi) is 6.65. The van der Waals surface area contributed by atoms with Gasteiger partial charge in [0.05, 0.1) is 12.1 Å². The molecule has 0 aliphatic heterocycles. The van der Waals surface area contributed by atoms with Crippen LogP contribution in [0.15, 0.2) is 0 Å². The molecule has 2 atom stereocenters. The molecule has 0 bridgehead atoms. The quantitative estimate of drug-likeness (QED) is 0.759. The number of carbonyl (C=O) groups is 2. The Bertz CT molecular complexity index is 363. The van der Waals surface area contributed by atoms with Crippen molar-refractivity contribution < 1.29 is 14.7 Å². The Morgan fingerprint density at radius 3 is 2.43 bits per heavy atom. The SMILES string of the molecule is CN(C(=O)CCCNC(=O)C(C)(C)C)C1CCCCC1O. The molecule has 0 saturated heterocycles. The second kappa shape index (κ2) is 7.78. The third kappa shape index (κ3) is 5.65. The Morgan fingerprint density at radius 2 is 1.86 bits per heavy atom. The highest BCUT2D eigenvalue weighted by molar-refractivity contribution is 5.81. The summed E-state index contributed by atoms with van der Waals surface area (Å²) >= 11 is 0. The maximum Gasteiger partial charge on any atom is 0.225 e. The van der Waals surface area contributed by atoms with Gasteiger partial charge in [0, 0.05) is 25.4 Å². The first-order valence-corrected chi connectivity index (χ1v) is 7.95. The van der Waals surface area contributed by atoms with E-state index in [1.807, 2.05) is 20.8 Å². The van der Waals surface area contributed by atoms with Crippen molar-refractivity contribution in [2.75, 3.05) is 13.6 Å². The van der Waals surface area contributed by atoms with Gasteiger partial charge in [-0.15, -0.1) is 0 Å². The summed E-state index contributed by atoms with van der Waals surface area (Å²) in [6.45, 7) is 6.12. The number of rotatable bonds is 5. The van der Waals surface area contributed by atoms with Crippen LogP contribution in [-0.2, 0) is 9.59 Å². The van der Waals surface area contributed by atoms with Crippen LogP contribution in [0.4, 0.5) is 0 Å². The van der Waals surface area contributed by atoms with Crippen molar-refractivity contribution in [3.8, 4) is 0 Å². The molecule has 1 fully saturated rings. The van der Waals surface area contributed by atoms with Crippen LogP contribution in [0.1, 0.15) is 59.3 Å². The van der Waals surface area contributed by atoms with Gasteiger partial charge in [0.2, 0.25) is 11.8 Å². The van der Waals surface area contributed by atoms with Crippen molar-refractivity contribution in [1.29, 1.82) is 0 Å². The number of hydrogen-bond donors (Lipinski definition) is 2. The van der Waals surface area contributed by atoms with Gasteiger partial charge in [-0.05, 0) is 19.3 Å². The number of likely N-dealkylation sites (N-methyl/N-ethyl adjacent to an activating group) is 1. The van der Waals surface area contributed by atoms with Gasteiger partial charge in [0.25, 0.3) is 0 Å². The lowest BCUT2D eigenvalue weighted by Gasteiger charge is -2.35. The molecule has 21 heavy (non-hydrogen) atoms. The van der Waals surface area contributed by atoms with Crippen LogP contribution in [0, 0.1) is 5.41 Å². The van der Waals surface area contributed by atoms with Crippen LogP contribution in [-0.4, -0.2) is 47.6 Å². The summed E-state index contributed by atoms with van der Waals surface area (Å²) in [6.07, 6.45) is 4.42. The zero-order chi connectivity index (χ0) is 16.0. The average molecular weight is 298 g/mol. The van der Waals surface area contributed by atoms with E-state index in [1.54, 1.807) is 11.9 Å². The first-order valence-electron chi connectivity index (χ1n) is 7.95. The number of carbonyl (C=O) groups excluding carboxylic acids is 2. The highest BCUT2D eigenvalue weighted by Crippen LogP contribution is 2.22. The van der Waals surface area contributed by atoms with Gasteiger partial charge in [0.1, 0.15) is 0 Å². The number of amides is 2. The summed E-state index contributed by atoms with van der Waals surface area (Å²) in [5, 5.41) is 12.8. The Morgan fingerprint density at radius 1 is 1.24 bits per heavy atom. The van der Waals surface area contributed by atoms with E-state index < -0.39 is 11.5 Å². The predicted molar refractivity (Wildman–Crippen MR) is 82.7 cm³/mol. The molecule has 1 aliphatic rings. The molecule has 122 valence electrons. The fourth-order valence-electron chi connectivity index (χ4n) is 2.61. The molecule has 0 aromatic heterocycles. The summed E-state index contributed by atoms with van der Waals surface area (Å²) in [7, 11) is 1.77. The van der Waals surface area contributed by atoms with E-state index in [1.165, 1.54) is 0 Å². The van der Waals surface area contributed by atoms with Crippen molar-refractivity contribution in [3.05, 3.63) is 0 Å². The van der Waals surface area contributed by atoms with E-state index in [-0.39, 0.29) is 17.9 Å². The van der Waals surface area contributed by atoms with E-state index in [9.17, 15) is 14.7 Å². The van der Waals surface area contributed by atoms with E-state index >= 15 is 0 Å². The van der Waals surface area contributed by atoms with Gasteiger partial charge in [-0.3, -0.25) is 9.59 Å². The molecule has 2 amide bonds. The highest BCUT2D eigenvalue weighted by atomic mass is 16.3. The van der Waals surface area contributed by atoms with Crippen LogP contribution in [0.25, 0.3) is 0 Å². The minimum absolute atomic E-state index is 0.00556. The Hall–Kier alpha value is -1.10. The van der Waals surface area contributed by atoms with Crippen molar-refractivity contribution >= 4 is 11.8 Å². The fourth-order valence-corrected chi connectivity index (χ4v) is 2.61. The third-order valence-electron chi connectivity index (χ3n) is 4.12. The van der Waals surface area contributed by atoms with Crippen molar-refractivity contribution in [2.24, 2.45) is 5.41 Å². The number of aliphatic hydroxyl groups excluding tert-OH is 1. The van der Waals surface area contributed by atoms with Gasteiger partial charge in [0.15, 0.2) is 0 Å². The number of nitrogens with one attached hydrogen (secondary N) is 1. The topological polar surface area (TPSA) is 69.6 Å². The average Bonchev–Trinajstić information content (AvgIpc) is 2.41. The van der Waals surface area contributed by atoms with Gasteiger partial charge in [-0.1, -0.05) is 33.6 Å². The summed E-state index contributed by atoms with van der Waals surface area (Å²) in [5.74, 6) is 0.0527. The molecule has 1 rings (SSSR count). The van der Waals surface area contributed by atoms with Gasteiger partial charge >= 0.3 is 0 Å². The first kappa shape index (κ1) is 18.0. The van der Waals surface area contributed by atoms with Gasteiger partial charge < -0.3 is 15.3 Å². The predicted octanol–water partition coefficient (Wildman–Crippen LogP) is 1.69. The van der Waals surface area contributed by atoms with E-state index in [0.29, 0.717) is 19.4 Å². The molecule has 0 aromatic rings. The van der Waals surface area contributed by atoms with Gasteiger partial charge in [-0.2, -0.15) is 0 Å². The smallest absolute Gasteiger partial charge is 0.225 e. The largest absolute Gasteiger partial charge is 0.391 e. The van der Waals surface area contributed by atoms with Crippen LogP contribution >= 0.6 is 0 Å². The van der Waals surface area contributed by atoms with Crippen molar-refractivity contribution in [3.63, 3.8) is 0 Å². The normalized spacial score (nSPS) is 22.7. The molecular weight excluding hydrogens is 268 g/mol. The highest BCUT2D eigenvalue weighted by Gasteiger charge is 2.29. The minimum Gasteiger partial charge on any atom is -0.391 e. The molecule has 2 N–H and O–H groups in total. The lowest BCUT2D eigenvalue weighted by Crippen LogP contribution is -2.46. The van der Waals surface area contributed by atoms with Gasteiger partial charge in [-0.25, -0.2) is 0 Å². The minimum atomic E-state index is -0.396. The summed E-state index contributed by atoms with van der Waals surface area (Å²) < 4.78 is 0. The first-order chi connectivity index (χ1) is 9.73. The maximum absolute atomic E-state index is 12.1. The zero-order valence-electron chi connectivity index (χ0n) is 13.8.